The van der Waals surface area contributed by atoms with E-state index in [1.54, 1.807) is 6.07 Å². The minimum atomic E-state index is -0.439. The summed E-state index contributed by atoms with van der Waals surface area (Å²) in [6.07, 6.45) is 1.63. The lowest BCUT2D eigenvalue weighted by molar-refractivity contribution is -0.384. The molecule has 0 unspecified atom stereocenters. The smallest absolute Gasteiger partial charge is 0.270 e. The van der Waals surface area contributed by atoms with Gasteiger partial charge in [0, 0.05) is 30.8 Å². The summed E-state index contributed by atoms with van der Waals surface area (Å²) in [6.45, 7) is 0.915. The molecule has 196 valence electrons. The van der Waals surface area contributed by atoms with E-state index in [-0.39, 0.29) is 11.6 Å². The Balaban J connectivity index is 1.48. The molecule has 0 radical (unpaired) electrons. The molecule has 6 nitrogen and oxygen atoms in total. The van der Waals surface area contributed by atoms with E-state index in [1.165, 1.54) is 28.6 Å². The highest BCUT2D eigenvalue weighted by Gasteiger charge is 2.40. The van der Waals surface area contributed by atoms with Crippen LogP contribution in [-0.4, -0.2) is 15.7 Å². The van der Waals surface area contributed by atoms with E-state index in [0.29, 0.717) is 24.3 Å². The Bertz CT molecular complexity index is 1760. The summed E-state index contributed by atoms with van der Waals surface area (Å²) in [6, 6.07) is 35.6. The largest absolute Gasteiger partial charge is 0.342 e. The number of aryl methyl sites for hydroxylation is 2. The van der Waals surface area contributed by atoms with Gasteiger partial charge in [0.2, 0.25) is 0 Å². The van der Waals surface area contributed by atoms with Crippen LogP contribution in [0.25, 0.3) is 10.8 Å². The molecule has 0 spiro atoms. The molecule has 5 aromatic rings. The van der Waals surface area contributed by atoms with Crippen molar-refractivity contribution in [3.63, 3.8) is 0 Å². The van der Waals surface area contributed by atoms with E-state index in [0.717, 1.165) is 34.9 Å². The van der Waals surface area contributed by atoms with Gasteiger partial charge in [-0.25, -0.2) is 0 Å². The number of anilines is 1. The third-order valence-electron chi connectivity index (χ3n) is 8.16. The van der Waals surface area contributed by atoms with Crippen molar-refractivity contribution in [2.75, 3.05) is 4.90 Å². The lowest BCUT2D eigenvalue weighted by atomic mass is 9.93. The Kier molecular flexibility index (Phi) is 5.81. The fourth-order valence-electron chi connectivity index (χ4n) is 6.35. The number of hydrogen-bond acceptors (Lipinski definition) is 4. The highest BCUT2D eigenvalue weighted by Crippen LogP contribution is 2.45. The lowest BCUT2D eigenvalue weighted by Crippen LogP contribution is -2.48. The number of fused-ring (bicyclic) bond motifs is 1. The van der Waals surface area contributed by atoms with E-state index < -0.39 is 11.1 Å². The summed E-state index contributed by atoms with van der Waals surface area (Å²) >= 11 is 0. The van der Waals surface area contributed by atoms with Crippen molar-refractivity contribution in [2.45, 2.75) is 32.1 Å². The molecule has 1 aliphatic heterocycles. The minimum Gasteiger partial charge on any atom is -0.342 e. The number of carbonyl (C=O) groups excluding carboxylic acids is 1. The van der Waals surface area contributed by atoms with Crippen molar-refractivity contribution in [1.82, 2.24) is 4.90 Å². The van der Waals surface area contributed by atoms with Crippen molar-refractivity contribution in [1.29, 1.82) is 0 Å². The summed E-state index contributed by atoms with van der Waals surface area (Å²) in [5.41, 5.74) is 6.81. The van der Waals surface area contributed by atoms with Gasteiger partial charge in [-0.05, 0) is 51.9 Å². The van der Waals surface area contributed by atoms with Gasteiger partial charge in [0.1, 0.15) is 6.17 Å². The summed E-state index contributed by atoms with van der Waals surface area (Å²) in [5, 5.41) is 14.2. The summed E-state index contributed by atoms with van der Waals surface area (Å²) < 4.78 is 0. The van der Waals surface area contributed by atoms with Gasteiger partial charge in [-0.3, -0.25) is 14.9 Å². The first kappa shape index (κ1) is 24.1. The van der Waals surface area contributed by atoms with Crippen LogP contribution in [0.15, 0.2) is 109 Å². The highest BCUT2D eigenvalue weighted by atomic mass is 16.6. The van der Waals surface area contributed by atoms with Crippen molar-refractivity contribution in [2.24, 2.45) is 0 Å². The zero-order valence-corrected chi connectivity index (χ0v) is 21.9. The molecular weight excluding hydrogens is 498 g/mol. The van der Waals surface area contributed by atoms with Crippen LogP contribution in [0.2, 0.25) is 0 Å². The molecule has 0 saturated heterocycles. The first-order valence-corrected chi connectivity index (χ1v) is 13.6. The first-order valence-electron chi connectivity index (χ1n) is 13.6. The molecule has 6 heteroatoms. The molecule has 0 bridgehead atoms. The number of nitro groups is 1. The second-order valence-electron chi connectivity index (χ2n) is 10.5. The van der Waals surface area contributed by atoms with E-state index in [4.69, 9.17) is 0 Å². The van der Waals surface area contributed by atoms with Crippen molar-refractivity contribution in [3.8, 4) is 0 Å². The van der Waals surface area contributed by atoms with Crippen molar-refractivity contribution < 1.29 is 9.72 Å². The Morgan fingerprint density at radius 1 is 0.725 bits per heavy atom. The summed E-state index contributed by atoms with van der Waals surface area (Å²) in [5.74, 6) is -0.208. The Hall–Kier alpha value is -4.97. The quantitative estimate of drug-likeness (QED) is 0.174. The topological polar surface area (TPSA) is 66.7 Å². The molecule has 1 amide bonds. The fraction of sp³-hybridized carbons (Fsp3) is 0.147. The van der Waals surface area contributed by atoms with Crippen LogP contribution in [0.4, 0.5) is 11.4 Å². The van der Waals surface area contributed by atoms with Gasteiger partial charge in [-0.2, -0.15) is 0 Å². The number of non-ortho nitro benzene ring substituents is 1. The zero-order valence-electron chi connectivity index (χ0n) is 21.9. The number of hydrogen-bond donors (Lipinski definition) is 0. The standard InChI is InChI=1S/C34H27N3O3/c38-34-30-20-27(37(39)40)17-19-31(30)35(21-23-8-3-1-4-9-23)33(36(34)22-24-10-5-2-6-11-24)29-18-16-26-15-14-25-12-7-13-28(29)32(25)26/h1-13,16-20,33H,14-15,21-22H2/t33-/m1/s1. The third-order valence-corrected chi connectivity index (χ3v) is 8.16. The van der Waals surface area contributed by atoms with Gasteiger partial charge in [0.25, 0.3) is 11.6 Å². The van der Waals surface area contributed by atoms with Gasteiger partial charge in [0.05, 0.1) is 16.2 Å². The van der Waals surface area contributed by atoms with Crippen LogP contribution in [0.3, 0.4) is 0 Å². The molecule has 40 heavy (non-hydrogen) atoms. The number of nitro benzene ring substituents is 1. The fourth-order valence-corrected chi connectivity index (χ4v) is 6.35. The molecule has 7 rings (SSSR count). The van der Waals surface area contributed by atoms with E-state index in [1.807, 2.05) is 53.4 Å². The van der Waals surface area contributed by atoms with E-state index >= 15 is 0 Å². The van der Waals surface area contributed by atoms with Crippen LogP contribution in [0.5, 0.6) is 0 Å². The lowest BCUT2D eigenvalue weighted by Gasteiger charge is -2.46. The normalized spacial score (nSPS) is 15.9. The van der Waals surface area contributed by atoms with Crippen LogP contribution in [0.1, 0.15) is 44.3 Å². The molecule has 0 fully saturated rings. The van der Waals surface area contributed by atoms with Crippen LogP contribution >= 0.6 is 0 Å². The SMILES string of the molecule is O=C1c2cc([N+](=O)[O-])ccc2N(Cc2ccccc2)[C@@H](c2ccc3c4c(cccc24)CC3)N1Cc1ccccc1. The average Bonchev–Trinajstić information content (AvgIpc) is 3.41. The number of rotatable bonds is 6. The molecule has 0 N–H and O–H groups in total. The summed E-state index contributed by atoms with van der Waals surface area (Å²) in [4.78, 5) is 29.7. The van der Waals surface area contributed by atoms with Crippen molar-refractivity contribution >= 4 is 28.1 Å². The van der Waals surface area contributed by atoms with Gasteiger partial charge in [-0.1, -0.05) is 91.0 Å². The number of nitrogens with zero attached hydrogens (tertiary/aromatic N) is 3. The molecule has 0 saturated carbocycles. The average molecular weight is 526 g/mol. The van der Waals surface area contributed by atoms with Crippen molar-refractivity contribution in [3.05, 3.63) is 153 Å². The highest BCUT2D eigenvalue weighted by molar-refractivity contribution is 6.03. The number of amides is 1. The van der Waals surface area contributed by atoms with Gasteiger partial charge in [0.15, 0.2) is 0 Å². The first-order chi connectivity index (χ1) is 19.6. The Morgan fingerprint density at radius 2 is 1.38 bits per heavy atom. The van der Waals surface area contributed by atoms with Crippen LogP contribution < -0.4 is 4.90 Å². The third kappa shape index (κ3) is 4.00. The summed E-state index contributed by atoms with van der Waals surface area (Å²) in [7, 11) is 0. The van der Waals surface area contributed by atoms with Gasteiger partial charge < -0.3 is 9.80 Å². The van der Waals surface area contributed by atoms with E-state index in [9.17, 15) is 14.9 Å². The second kappa shape index (κ2) is 9.65. The monoisotopic (exact) mass is 525 g/mol. The second-order valence-corrected chi connectivity index (χ2v) is 10.5. The minimum absolute atomic E-state index is 0.0878. The molecule has 0 aromatic heterocycles. The van der Waals surface area contributed by atoms with Crippen LogP contribution in [-0.2, 0) is 25.9 Å². The maximum absolute atomic E-state index is 14.3. The number of benzene rings is 5. The molecule has 1 heterocycles. The maximum Gasteiger partial charge on any atom is 0.270 e. The van der Waals surface area contributed by atoms with Crippen LogP contribution in [0, 0.1) is 10.1 Å². The number of carbonyl (C=O) groups is 1. The predicted octanol–water partition coefficient (Wildman–Crippen LogP) is 7.21. The zero-order chi connectivity index (χ0) is 27.2. The molecule has 2 aliphatic rings. The van der Waals surface area contributed by atoms with Gasteiger partial charge in [-0.15, -0.1) is 0 Å². The molecule has 1 atom stereocenters. The predicted molar refractivity (Wildman–Crippen MR) is 156 cm³/mol. The Morgan fingerprint density at radius 3 is 2.05 bits per heavy atom. The molecular formula is C34H27N3O3. The molecule has 5 aromatic carbocycles. The molecule has 1 aliphatic carbocycles. The van der Waals surface area contributed by atoms with Gasteiger partial charge >= 0.3 is 0 Å². The van der Waals surface area contributed by atoms with E-state index in [2.05, 4.69) is 47.4 Å². The Labute approximate surface area is 232 Å². The maximum atomic E-state index is 14.3.